The Labute approximate surface area is 152 Å². The van der Waals surface area contributed by atoms with Crippen molar-refractivity contribution in [1.82, 2.24) is 14.7 Å². The maximum Gasteiger partial charge on any atom is 0.254 e. The number of ether oxygens (including phenoxy) is 1. The van der Waals surface area contributed by atoms with E-state index in [0.717, 1.165) is 11.3 Å². The van der Waals surface area contributed by atoms with Gasteiger partial charge in [-0.15, -0.1) is 0 Å². The first-order valence-corrected chi connectivity index (χ1v) is 8.65. The molecular weight excluding hydrogens is 326 g/mol. The first-order chi connectivity index (χ1) is 12.7. The molecule has 1 aliphatic rings. The molecule has 3 aromatic rings. The van der Waals surface area contributed by atoms with Crippen LogP contribution in [0.4, 0.5) is 0 Å². The number of methoxy groups -OCH3 is 1. The lowest BCUT2D eigenvalue weighted by molar-refractivity contribution is 0.0725. The van der Waals surface area contributed by atoms with E-state index in [2.05, 4.69) is 23.3 Å². The van der Waals surface area contributed by atoms with Crippen LogP contribution < -0.4 is 4.74 Å². The Morgan fingerprint density at radius 1 is 1.15 bits per heavy atom. The number of fused-ring (bicyclic) bond motifs is 1. The van der Waals surface area contributed by atoms with Gasteiger partial charge >= 0.3 is 0 Å². The third-order valence-corrected chi connectivity index (χ3v) is 4.95. The van der Waals surface area contributed by atoms with E-state index < -0.39 is 0 Å². The smallest absolute Gasteiger partial charge is 0.254 e. The number of hydrogen-bond acceptors (Lipinski definition) is 3. The third-order valence-electron chi connectivity index (χ3n) is 4.95. The maximum atomic E-state index is 13.1. The molecule has 26 heavy (non-hydrogen) atoms. The number of aromatic nitrogens is 2. The van der Waals surface area contributed by atoms with Crippen LogP contribution in [0.3, 0.4) is 0 Å². The molecule has 0 spiro atoms. The Morgan fingerprint density at radius 3 is 2.62 bits per heavy atom. The second kappa shape index (κ2) is 6.67. The first-order valence-electron chi connectivity index (χ1n) is 8.65. The molecule has 0 bridgehead atoms. The molecule has 4 rings (SSSR count). The van der Waals surface area contributed by atoms with Crippen molar-refractivity contribution in [2.45, 2.75) is 12.5 Å². The predicted octanol–water partition coefficient (Wildman–Crippen LogP) is 3.22. The van der Waals surface area contributed by atoms with Crippen molar-refractivity contribution in [2.24, 2.45) is 7.05 Å². The second-order valence-corrected chi connectivity index (χ2v) is 6.61. The average molecular weight is 347 g/mol. The van der Waals surface area contributed by atoms with E-state index in [1.807, 2.05) is 59.4 Å². The minimum atomic E-state index is 0.0380. The molecule has 132 valence electrons. The molecule has 2 heterocycles. The van der Waals surface area contributed by atoms with E-state index in [4.69, 9.17) is 4.74 Å². The van der Waals surface area contributed by atoms with E-state index in [1.165, 1.54) is 11.1 Å². The van der Waals surface area contributed by atoms with Gasteiger partial charge in [0.1, 0.15) is 5.75 Å². The van der Waals surface area contributed by atoms with Crippen LogP contribution in [0.2, 0.25) is 0 Å². The highest BCUT2D eigenvalue weighted by molar-refractivity contribution is 5.94. The summed E-state index contributed by atoms with van der Waals surface area (Å²) in [6.45, 7) is 1.27. The molecule has 1 aromatic heterocycles. The van der Waals surface area contributed by atoms with Gasteiger partial charge in [-0.25, -0.2) is 0 Å². The number of nitrogens with zero attached hydrogens (tertiary/aromatic N) is 3. The normalized spacial score (nSPS) is 16.2. The Bertz CT molecular complexity index is 930. The first kappa shape index (κ1) is 16.4. The van der Waals surface area contributed by atoms with Gasteiger partial charge in [0.2, 0.25) is 0 Å². The highest BCUT2D eigenvalue weighted by Gasteiger charge is 2.30. The fourth-order valence-electron chi connectivity index (χ4n) is 3.58. The van der Waals surface area contributed by atoms with Gasteiger partial charge in [0.05, 0.1) is 13.3 Å². The molecule has 0 saturated carbocycles. The molecule has 0 radical (unpaired) electrons. The lowest BCUT2D eigenvalue weighted by atomic mass is 9.86. The Balaban J connectivity index is 1.67. The summed E-state index contributed by atoms with van der Waals surface area (Å²) in [4.78, 5) is 15.0. The van der Waals surface area contributed by atoms with E-state index >= 15 is 0 Å². The minimum Gasteiger partial charge on any atom is -0.497 e. The summed E-state index contributed by atoms with van der Waals surface area (Å²) in [5.74, 6) is 0.922. The highest BCUT2D eigenvalue weighted by atomic mass is 16.5. The van der Waals surface area contributed by atoms with Crippen LogP contribution in [-0.4, -0.2) is 34.2 Å². The van der Waals surface area contributed by atoms with Crippen LogP contribution >= 0.6 is 0 Å². The van der Waals surface area contributed by atoms with E-state index in [0.29, 0.717) is 18.7 Å². The largest absolute Gasteiger partial charge is 0.497 e. The van der Waals surface area contributed by atoms with Crippen LogP contribution in [0.1, 0.15) is 33.0 Å². The van der Waals surface area contributed by atoms with Crippen LogP contribution in [0, 0.1) is 0 Å². The fraction of sp³-hybridized carbons (Fsp3) is 0.238. The van der Waals surface area contributed by atoms with E-state index in [9.17, 15) is 4.79 Å². The Kier molecular flexibility index (Phi) is 4.21. The topological polar surface area (TPSA) is 47.4 Å². The summed E-state index contributed by atoms with van der Waals surface area (Å²) in [6.07, 6.45) is 3.92. The summed E-state index contributed by atoms with van der Waals surface area (Å²) in [6, 6.07) is 15.6. The Hall–Kier alpha value is -3.08. The van der Waals surface area contributed by atoms with Crippen molar-refractivity contribution >= 4 is 5.91 Å². The monoisotopic (exact) mass is 347 g/mol. The maximum absolute atomic E-state index is 13.1. The molecule has 5 nitrogen and oxygen atoms in total. The molecule has 0 N–H and O–H groups in total. The van der Waals surface area contributed by atoms with Crippen LogP contribution in [0.15, 0.2) is 60.9 Å². The van der Waals surface area contributed by atoms with Crippen LogP contribution in [0.5, 0.6) is 5.75 Å². The summed E-state index contributed by atoms with van der Waals surface area (Å²) in [5.41, 5.74) is 4.27. The molecule has 1 aliphatic heterocycles. The van der Waals surface area contributed by atoms with Crippen molar-refractivity contribution in [1.29, 1.82) is 0 Å². The van der Waals surface area contributed by atoms with Gasteiger partial charge in [0.25, 0.3) is 5.91 Å². The zero-order chi connectivity index (χ0) is 18.1. The molecule has 0 aliphatic carbocycles. The lowest BCUT2D eigenvalue weighted by Crippen LogP contribution is -2.38. The highest BCUT2D eigenvalue weighted by Crippen LogP contribution is 2.34. The molecular formula is C21H21N3O2. The van der Waals surface area contributed by atoms with Crippen LogP contribution in [0.25, 0.3) is 0 Å². The summed E-state index contributed by atoms with van der Waals surface area (Å²) in [5, 5.41) is 4.31. The van der Waals surface area contributed by atoms with Gasteiger partial charge in [0.15, 0.2) is 0 Å². The molecule has 1 unspecified atom stereocenters. The van der Waals surface area contributed by atoms with Crippen molar-refractivity contribution < 1.29 is 9.53 Å². The van der Waals surface area contributed by atoms with Crippen LogP contribution in [-0.2, 0) is 13.6 Å². The summed E-state index contributed by atoms with van der Waals surface area (Å²) < 4.78 is 6.99. The average Bonchev–Trinajstić information content (AvgIpc) is 3.12. The molecule has 5 heteroatoms. The standard InChI is InChI=1S/C21H21N3O2/c1-23-12-17(11-22-23)20-14-24(13-16-5-3-4-6-19(16)20)21(25)15-7-9-18(26-2)10-8-15/h3-12,20H,13-14H2,1-2H3. The van der Waals surface area contributed by atoms with Gasteiger partial charge in [-0.3, -0.25) is 9.48 Å². The number of hydrogen-bond donors (Lipinski definition) is 0. The molecule has 1 atom stereocenters. The van der Waals surface area contributed by atoms with Gasteiger partial charge in [-0.2, -0.15) is 5.10 Å². The zero-order valence-corrected chi connectivity index (χ0v) is 14.9. The Morgan fingerprint density at radius 2 is 1.92 bits per heavy atom. The quantitative estimate of drug-likeness (QED) is 0.731. The zero-order valence-electron chi connectivity index (χ0n) is 14.9. The SMILES string of the molecule is COc1ccc(C(=O)N2Cc3ccccc3C(c3cnn(C)c3)C2)cc1. The summed E-state index contributed by atoms with van der Waals surface area (Å²) in [7, 11) is 3.54. The number of benzene rings is 2. The summed E-state index contributed by atoms with van der Waals surface area (Å²) >= 11 is 0. The number of amides is 1. The third kappa shape index (κ3) is 2.96. The lowest BCUT2D eigenvalue weighted by Gasteiger charge is -2.34. The van der Waals surface area contributed by atoms with Crippen molar-refractivity contribution in [2.75, 3.05) is 13.7 Å². The van der Waals surface area contributed by atoms with Crippen molar-refractivity contribution in [3.8, 4) is 5.75 Å². The number of aryl methyl sites for hydroxylation is 1. The van der Waals surface area contributed by atoms with Gasteiger partial charge < -0.3 is 9.64 Å². The fourth-order valence-corrected chi connectivity index (χ4v) is 3.58. The van der Waals surface area contributed by atoms with E-state index in [1.54, 1.807) is 7.11 Å². The van der Waals surface area contributed by atoms with Crippen molar-refractivity contribution in [3.05, 3.63) is 83.2 Å². The molecule has 2 aromatic carbocycles. The number of carbonyl (C=O) groups is 1. The predicted molar refractivity (Wildman–Crippen MR) is 99.2 cm³/mol. The number of rotatable bonds is 3. The van der Waals surface area contributed by atoms with E-state index in [-0.39, 0.29) is 11.8 Å². The molecule has 1 amide bonds. The minimum absolute atomic E-state index is 0.0380. The molecule has 0 saturated heterocycles. The molecule has 0 fully saturated rings. The second-order valence-electron chi connectivity index (χ2n) is 6.61. The van der Waals surface area contributed by atoms with Crippen molar-refractivity contribution in [3.63, 3.8) is 0 Å². The number of carbonyl (C=O) groups excluding carboxylic acids is 1. The van der Waals surface area contributed by atoms with Gasteiger partial charge in [-0.05, 0) is 41.0 Å². The van der Waals surface area contributed by atoms with Gasteiger partial charge in [0, 0.05) is 37.8 Å². The van der Waals surface area contributed by atoms with Gasteiger partial charge in [-0.1, -0.05) is 24.3 Å².